The molecule has 0 aliphatic rings. The number of hydrogen-bond acceptors (Lipinski definition) is 4. The van der Waals surface area contributed by atoms with Crippen molar-refractivity contribution >= 4 is 26.7 Å². The van der Waals surface area contributed by atoms with Crippen molar-refractivity contribution in [3.8, 4) is 0 Å². The number of hydrogen-bond donors (Lipinski definition) is 2. The summed E-state index contributed by atoms with van der Waals surface area (Å²) in [5.41, 5.74) is 3.44. The third-order valence-electron chi connectivity index (χ3n) is 4.92. The van der Waals surface area contributed by atoms with Gasteiger partial charge in [-0.1, -0.05) is 30.3 Å². The van der Waals surface area contributed by atoms with Gasteiger partial charge in [0.25, 0.3) is 0 Å². The number of fused-ring (bicyclic) bond motifs is 1. The number of nitrogens with zero attached hydrogens (tertiary/aromatic N) is 1. The number of primary sulfonamides is 1. The van der Waals surface area contributed by atoms with Crippen molar-refractivity contribution in [2.75, 3.05) is 13.6 Å². The molecule has 0 spiro atoms. The number of H-pyrrole nitrogens is 1. The Morgan fingerprint density at radius 1 is 1.15 bits per heavy atom. The summed E-state index contributed by atoms with van der Waals surface area (Å²) in [6.45, 7) is 4.13. The molecule has 27 heavy (non-hydrogen) atoms. The van der Waals surface area contributed by atoms with Gasteiger partial charge in [-0.05, 0) is 44.7 Å². The van der Waals surface area contributed by atoms with Crippen molar-refractivity contribution in [3.63, 3.8) is 0 Å². The number of rotatable bonds is 6. The van der Waals surface area contributed by atoms with Gasteiger partial charge < -0.3 is 4.98 Å². The molecule has 1 heterocycles. The summed E-state index contributed by atoms with van der Waals surface area (Å²) in [4.78, 5) is 18.2. The van der Waals surface area contributed by atoms with Crippen LogP contribution in [-0.2, 0) is 10.0 Å². The van der Waals surface area contributed by atoms with Gasteiger partial charge in [-0.25, -0.2) is 13.6 Å². The van der Waals surface area contributed by atoms with E-state index in [9.17, 15) is 13.2 Å². The molecule has 6 nitrogen and oxygen atoms in total. The lowest BCUT2D eigenvalue weighted by Crippen LogP contribution is -2.29. The molecule has 1 aromatic heterocycles. The maximum atomic E-state index is 12.9. The Kier molecular flexibility index (Phi) is 5.19. The zero-order valence-corrected chi connectivity index (χ0v) is 16.4. The summed E-state index contributed by atoms with van der Waals surface area (Å²) in [6.07, 6.45) is 0. The Hall–Kier alpha value is -2.48. The first kappa shape index (κ1) is 19.3. The van der Waals surface area contributed by atoms with Gasteiger partial charge in [-0.2, -0.15) is 0 Å². The van der Waals surface area contributed by atoms with Crippen molar-refractivity contribution in [3.05, 3.63) is 65.4 Å². The molecule has 1 atom stereocenters. The minimum Gasteiger partial charge on any atom is -0.358 e. The van der Waals surface area contributed by atoms with Crippen LogP contribution in [0.5, 0.6) is 0 Å². The van der Waals surface area contributed by atoms with Crippen LogP contribution in [0.25, 0.3) is 10.9 Å². The minimum absolute atomic E-state index is 0.0421. The lowest BCUT2D eigenvalue weighted by molar-refractivity contribution is 0.0926. The molecule has 0 radical (unpaired) electrons. The highest BCUT2D eigenvalue weighted by molar-refractivity contribution is 7.89. The summed E-state index contributed by atoms with van der Waals surface area (Å²) < 4.78 is 22.8. The number of carbonyl (C=O) groups is 1. The summed E-state index contributed by atoms with van der Waals surface area (Å²) in [7, 11) is -1.84. The third kappa shape index (κ3) is 3.95. The first-order valence-electron chi connectivity index (χ1n) is 8.62. The van der Waals surface area contributed by atoms with E-state index in [2.05, 4.69) is 4.98 Å². The molecule has 0 fully saturated rings. The number of carbonyl (C=O) groups excluding carboxylic acids is 1. The Bertz CT molecular complexity index is 1090. The van der Waals surface area contributed by atoms with E-state index in [1.165, 1.54) is 12.1 Å². The van der Waals surface area contributed by atoms with Crippen molar-refractivity contribution in [1.29, 1.82) is 0 Å². The van der Waals surface area contributed by atoms with Crippen molar-refractivity contribution in [2.24, 2.45) is 5.14 Å². The van der Waals surface area contributed by atoms with Gasteiger partial charge in [0.15, 0.2) is 5.78 Å². The van der Waals surface area contributed by atoms with Crippen LogP contribution in [0.15, 0.2) is 53.4 Å². The lowest BCUT2D eigenvalue weighted by atomic mass is 10.0. The monoisotopic (exact) mass is 385 g/mol. The van der Waals surface area contributed by atoms with E-state index >= 15 is 0 Å². The second-order valence-corrected chi connectivity index (χ2v) is 8.36. The van der Waals surface area contributed by atoms with E-state index in [4.69, 9.17) is 5.14 Å². The normalized spacial score (nSPS) is 13.2. The molecule has 0 aliphatic heterocycles. The Morgan fingerprint density at radius 3 is 2.41 bits per heavy atom. The predicted molar refractivity (Wildman–Crippen MR) is 106 cm³/mol. The molecule has 3 rings (SSSR count). The number of aromatic nitrogens is 1. The van der Waals surface area contributed by atoms with Crippen LogP contribution in [0.1, 0.15) is 34.6 Å². The number of para-hydroxylation sites is 1. The zero-order valence-electron chi connectivity index (χ0n) is 15.6. The average Bonchev–Trinajstić information content (AvgIpc) is 2.96. The van der Waals surface area contributed by atoms with Crippen molar-refractivity contribution in [1.82, 2.24) is 9.88 Å². The number of nitrogens with two attached hydrogens (primary N) is 1. The van der Waals surface area contributed by atoms with E-state index < -0.39 is 10.0 Å². The number of benzene rings is 2. The van der Waals surface area contributed by atoms with Gasteiger partial charge in [0.1, 0.15) is 0 Å². The number of aromatic amines is 1. The molecule has 0 saturated carbocycles. The highest BCUT2D eigenvalue weighted by Crippen LogP contribution is 2.25. The summed E-state index contributed by atoms with van der Waals surface area (Å²) >= 11 is 0. The topological polar surface area (TPSA) is 96.3 Å². The van der Waals surface area contributed by atoms with Gasteiger partial charge in [-0.15, -0.1) is 0 Å². The Balaban J connectivity index is 1.78. The quantitative estimate of drug-likeness (QED) is 0.638. The second-order valence-electron chi connectivity index (χ2n) is 6.80. The smallest absolute Gasteiger partial charge is 0.238 e. The third-order valence-corrected chi connectivity index (χ3v) is 5.85. The fourth-order valence-corrected chi connectivity index (χ4v) is 3.78. The molecule has 0 aliphatic carbocycles. The van der Waals surface area contributed by atoms with Crippen LogP contribution in [0.4, 0.5) is 0 Å². The first-order chi connectivity index (χ1) is 12.7. The lowest BCUT2D eigenvalue weighted by Gasteiger charge is -2.24. The number of ketones is 1. The van der Waals surface area contributed by atoms with Crippen LogP contribution in [0, 0.1) is 6.92 Å². The van der Waals surface area contributed by atoms with Crippen LogP contribution in [0.2, 0.25) is 0 Å². The van der Waals surface area contributed by atoms with Gasteiger partial charge in [0.2, 0.25) is 10.0 Å². The fourth-order valence-electron chi connectivity index (χ4n) is 3.27. The number of aryl methyl sites for hydroxylation is 1. The highest BCUT2D eigenvalue weighted by Gasteiger charge is 2.20. The second kappa shape index (κ2) is 7.26. The Labute approximate surface area is 159 Å². The summed E-state index contributed by atoms with van der Waals surface area (Å²) in [5, 5.41) is 6.07. The molecule has 0 saturated heterocycles. The van der Waals surface area contributed by atoms with Crippen molar-refractivity contribution < 1.29 is 13.2 Å². The predicted octanol–water partition coefficient (Wildman–Crippen LogP) is 3.00. The largest absolute Gasteiger partial charge is 0.358 e. The maximum Gasteiger partial charge on any atom is 0.238 e. The molecule has 3 N–H and O–H groups in total. The molecular weight excluding hydrogens is 362 g/mol. The average molecular weight is 385 g/mol. The summed E-state index contributed by atoms with van der Waals surface area (Å²) in [6, 6.07) is 14.1. The minimum atomic E-state index is -3.71. The highest BCUT2D eigenvalue weighted by atomic mass is 32.2. The molecule has 142 valence electrons. The molecule has 2 aromatic carbocycles. The zero-order chi connectivity index (χ0) is 19.8. The molecule has 3 aromatic rings. The molecular formula is C20H23N3O3S. The number of likely N-dealkylation sites (N-methyl/N-ethyl adjacent to an activating group) is 1. The standard InChI is InChI=1S/C20H23N3O3S/c1-13-20(17-6-4-5-7-18(17)22-13)19(24)12-23(3)14(2)15-8-10-16(11-9-15)27(21,25)26/h4-11,14,22H,12H2,1-3H3,(H2,21,25,26). The number of Topliss-reactive ketones (excluding diaryl/α,β-unsaturated/α-hetero) is 1. The number of sulfonamides is 1. The van der Waals surface area contributed by atoms with Gasteiger partial charge in [0.05, 0.1) is 11.4 Å². The van der Waals surface area contributed by atoms with E-state index in [1.54, 1.807) is 12.1 Å². The van der Waals surface area contributed by atoms with Crippen LogP contribution in [0.3, 0.4) is 0 Å². The van der Waals surface area contributed by atoms with Gasteiger partial charge >= 0.3 is 0 Å². The van der Waals surface area contributed by atoms with Crippen molar-refractivity contribution in [2.45, 2.75) is 24.8 Å². The van der Waals surface area contributed by atoms with E-state index in [1.807, 2.05) is 50.1 Å². The summed E-state index contributed by atoms with van der Waals surface area (Å²) in [5.74, 6) is 0.0421. The molecule has 1 unspecified atom stereocenters. The van der Waals surface area contributed by atoms with Crippen LogP contribution in [-0.4, -0.2) is 37.7 Å². The Morgan fingerprint density at radius 2 is 1.78 bits per heavy atom. The van der Waals surface area contributed by atoms with Gasteiger partial charge in [-0.3, -0.25) is 9.69 Å². The maximum absolute atomic E-state index is 12.9. The molecule has 0 bridgehead atoms. The van der Waals surface area contributed by atoms with E-state index in [0.717, 1.165) is 22.2 Å². The van der Waals surface area contributed by atoms with E-state index in [-0.39, 0.29) is 23.3 Å². The van der Waals surface area contributed by atoms with Crippen LogP contribution >= 0.6 is 0 Å². The van der Waals surface area contributed by atoms with Gasteiger partial charge in [0, 0.05) is 28.2 Å². The SMILES string of the molecule is Cc1[nH]c2ccccc2c1C(=O)CN(C)C(C)c1ccc(S(N)(=O)=O)cc1. The number of nitrogens with one attached hydrogen (secondary N) is 1. The van der Waals surface area contributed by atoms with E-state index in [0.29, 0.717) is 5.56 Å². The van der Waals surface area contributed by atoms with Crippen LogP contribution < -0.4 is 5.14 Å². The first-order valence-corrected chi connectivity index (χ1v) is 10.2. The molecule has 0 amide bonds. The fraction of sp³-hybridized carbons (Fsp3) is 0.250. The molecule has 7 heteroatoms.